The van der Waals surface area contributed by atoms with E-state index in [2.05, 4.69) is 97.5 Å². The smallest absolute Gasteiger partial charge is 0.307 e. The van der Waals surface area contributed by atoms with Gasteiger partial charge in [0, 0.05) is 16.4 Å². The third-order valence-corrected chi connectivity index (χ3v) is 17.5. The van der Waals surface area contributed by atoms with E-state index in [0.717, 1.165) is 49.2 Å². The second-order valence-corrected chi connectivity index (χ2v) is 20.5. The molecular formula is C42H64N4O4S. The van der Waals surface area contributed by atoms with Gasteiger partial charge in [-0.1, -0.05) is 80.0 Å². The molecule has 3 heterocycles. The molecule has 3 N–H and O–H groups in total. The number of carbonyl (C=O) groups is 1. The number of fused-ring (bicyclic) bond motifs is 3. The summed E-state index contributed by atoms with van der Waals surface area (Å²) in [6.07, 6.45) is 9.85. The van der Waals surface area contributed by atoms with Crippen LogP contribution in [0.4, 0.5) is 0 Å². The number of nitrogens with two attached hydrogens (primary N) is 1. The first-order valence-corrected chi connectivity index (χ1v) is 20.6. The predicted octanol–water partition coefficient (Wildman–Crippen LogP) is 8.89. The summed E-state index contributed by atoms with van der Waals surface area (Å²) in [7, 11) is 0. The van der Waals surface area contributed by atoms with E-state index in [0.29, 0.717) is 43.5 Å². The van der Waals surface area contributed by atoms with Gasteiger partial charge >= 0.3 is 5.97 Å². The number of aliphatic carboxylic acids is 1. The lowest BCUT2D eigenvalue weighted by atomic mass is 9.34. The number of hydrogen-bond donors (Lipinski definition) is 2. The highest BCUT2D eigenvalue weighted by Crippen LogP contribution is 2.75. The molecule has 0 unspecified atom stereocenters. The van der Waals surface area contributed by atoms with Crippen LogP contribution in [0.5, 0.6) is 0 Å². The number of carboxylic acids is 1. The first kappa shape index (κ1) is 37.3. The molecule has 3 saturated carbocycles. The average Bonchev–Trinajstić information content (AvgIpc) is 3.76. The summed E-state index contributed by atoms with van der Waals surface area (Å²) >= 11 is 1.69. The van der Waals surface area contributed by atoms with Crippen LogP contribution < -0.4 is 5.73 Å². The molecule has 4 fully saturated rings. The van der Waals surface area contributed by atoms with Gasteiger partial charge in [-0.3, -0.25) is 4.79 Å². The Morgan fingerprint density at radius 2 is 1.88 bits per heavy atom. The lowest BCUT2D eigenvalue weighted by Gasteiger charge is -2.71. The first-order chi connectivity index (χ1) is 23.9. The van der Waals surface area contributed by atoms with E-state index in [-0.39, 0.29) is 45.1 Å². The minimum atomic E-state index is -0.617. The maximum atomic E-state index is 13.5. The number of nitrogens with zero attached hydrogens (tertiary/aromatic N) is 3. The van der Waals surface area contributed by atoms with Gasteiger partial charge in [-0.05, 0) is 103 Å². The number of carboxylic acid groups (broad SMARTS) is 1. The standard InChI is InChI=1S/C42H64N4O4S/c1-25(2)27(5)37(6)17-18-39(8)28-13-14-32-38(7)21-49-23-42(32,29(28)15-16-40(39,9)33(37)36(47)48)20-30(34(38)50-22-41(10,43)26(3)4)46-35(44-24-45-46)31-12-11-19-51-31/h11-12,15,19,24-28,30,32-34H,13-14,16-18,20-23,43H2,1-10H3,(H,47,48)/t27-,28+,30-,32+,33-,34+,37-,38-,39-,40+,41+,42+/m1/s1. The Hall–Kier alpha value is -2.07. The van der Waals surface area contributed by atoms with E-state index in [9.17, 15) is 9.90 Å². The Kier molecular flexibility index (Phi) is 9.12. The third-order valence-electron chi connectivity index (χ3n) is 16.6. The Balaban J connectivity index is 1.35. The number of thiophene rings is 1. The second kappa shape index (κ2) is 12.5. The lowest BCUT2D eigenvalue weighted by Crippen LogP contribution is -2.69. The zero-order valence-electron chi connectivity index (χ0n) is 32.9. The quantitative estimate of drug-likeness (QED) is 0.249. The molecule has 9 heteroatoms. The summed E-state index contributed by atoms with van der Waals surface area (Å²) in [6.45, 7) is 24.5. The minimum Gasteiger partial charge on any atom is -0.481 e. The molecule has 8 nitrogen and oxygen atoms in total. The molecule has 0 radical (unpaired) electrons. The molecule has 2 bridgehead atoms. The molecule has 0 amide bonds. The molecule has 4 aliphatic carbocycles. The van der Waals surface area contributed by atoms with E-state index in [1.165, 1.54) is 5.57 Å². The molecule has 0 spiro atoms. The summed E-state index contributed by atoms with van der Waals surface area (Å²) in [6, 6.07) is 4.14. The van der Waals surface area contributed by atoms with Crippen molar-refractivity contribution in [1.29, 1.82) is 0 Å². The number of aromatic nitrogens is 3. The van der Waals surface area contributed by atoms with Crippen molar-refractivity contribution >= 4 is 17.3 Å². The van der Waals surface area contributed by atoms with Crippen LogP contribution in [0.25, 0.3) is 10.7 Å². The van der Waals surface area contributed by atoms with E-state index < -0.39 is 17.4 Å². The summed E-state index contributed by atoms with van der Waals surface area (Å²) in [5.74, 6) is 1.54. The van der Waals surface area contributed by atoms with Gasteiger partial charge in [0.25, 0.3) is 0 Å². The van der Waals surface area contributed by atoms with Gasteiger partial charge < -0.3 is 20.3 Å². The van der Waals surface area contributed by atoms with E-state index in [1.54, 1.807) is 17.7 Å². The van der Waals surface area contributed by atoms with Crippen LogP contribution in [0.2, 0.25) is 0 Å². The first-order valence-electron chi connectivity index (χ1n) is 19.7. The van der Waals surface area contributed by atoms with E-state index in [1.807, 2.05) is 0 Å². The van der Waals surface area contributed by atoms with Crippen molar-refractivity contribution in [3.63, 3.8) is 0 Å². The highest BCUT2D eigenvalue weighted by Gasteiger charge is 2.72. The highest BCUT2D eigenvalue weighted by atomic mass is 32.1. The maximum Gasteiger partial charge on any atom is 0.307 e. The average molecular weight is 721 g/mol. The third kappa shape index (κ3) is 5.24. The molecule has 2 aromatic rings. The van der Waals surface area contributed by atoms with Gasteiger partial charge in [0.05, 0.1) is 42.8 Å². The van der Waals surface area contributed by atoms with Gasteiger partial charge in [0.1, 0.15) is 6.33 Å². The van der Waals surface area contributed by atoms with Crippen molar-refractivity contribution in [3.05, 3.63) is 35.5 Å². The fourth-order valence-corrected chi connectivity index (χ4v) is 13.3. The summed E-state index contributed by atoms with van der Waals surface area (Å²) in [5.41, 5.74) is 6.70. The molecule has 12 atom stereocenters. The molecular weight excluding hydrogens is 657 g/mol. The maximum absolute atomic E-state index is 13.5. The van der Waals surface area contributed by atoms with E-state index in [4.69, 9.17) is 25.3 Å². The number of ether oxygens (including phenoxy) is 2. The van der Waals surface area contributed by atoms with Gasteiger partial charge in [-0.2, -0.15) is 5.10 Å². The Morgan fingerprint density at radius 3 is 2.53 bits per heavy atom. The van der Waals surface area contributed by atoms with Crippen molar-refractivity contribution in [2.45, 2.75) is 125 Å². The van der Waals surface area contributed by atoms with Crippen LogP contribution in [0.3, 0.4) is 0 Å². The topological polar surface area (TPSA) is 112 Å². The SMILES string of the molecule is CC(C)[C@@H](C)[C@@]1(C)CC[C@]2(C)[C@H]3CC[C@@H]4[C@@]5(COC[C@@]4(C)[C@@H](OC[C@](C)(N)C(C)C)[C@H](n4ncnc4-c4cccs4)C5)C3=CC[C@@]2(C)[C@@H]1C(=O)O. The summed E-state index contributed by atoms with van der Waals surface area (Å²) < 4.78 is 16.1. The van der Waals surface area contributed by atoms with Crippen LogP contribution >= 0.6 is 11.3 Å². The number of hydrogen-bond acceptors (Lipinski definition) is 7. The van der Waals surface area contributed by atoms with Crippen LogP contribution in [0.15, 0.2) is 35.5 Å². The zero-order chi connectivity index (χ0) is 36.9. The Labute approximate surface area is 310 Å². The minimum absolute atomic E-state index is 0.0632. The molecule has 7 rings (SSSR count). The fraction of sp³-hybridized carbons (Fsp3) is 0.786. The number of rotatable bonds is 9. The zero-order valence-corrected chi connectivity index (χ0v) is 33.7. The highest BCUT2D eigenvalue weighted by molar-refractivity contribution is 7.13. The molecule has 0 aromatic carbocycles. The number of allylic oxidation sites excluding steroid dienone is 1. The monoisotopic (exact) mass is 720 g/mol. The molecule has 282 valence electrons. The normalized spacial score (nSPS) is 42.4. The molecule has 1 aliphatic heterocycles. The Morgan fingerprint density at radius 1 is 1.14 bits per heavy atom. The van der Waals surface area contributed by atoms with Crippen molar-refractivity contribution in [3.8, 4) is 10.7 Å². The van der Waals surface area contributed by atoms with Crippen LogP contribution in [-0.2, 0) is 14.3 Å². The lowest BCUT2D eigenvalue weighted by molar-refractivity contribution is -0.252. The van der Waals surface area contributed by atoms with Crippen molar-refractivity contribution in [2.24, 2.45) is 68.3 Å². The molecule has 51 heavy (non-hydrogen) atoms. The van der Waals surface area contributed by atoms with Crippen LogP contribution in [0, 0.1) is 62.6 Å². The van der Waals surface area contributed by atoms with Crippen molar-refractivity contribution < 1.29 is 19.4 Å². The molecule has 1 saturated heterocycles. The van der Waals surface area contributed by atoms with E-state index >= 15 is 0 Å². The largest absolute Gasteiger partial charge is 0.481 e. The summed E-state index contributed by atoms with van der Waals surface area (Å²) in [5, 5.41) is 18.2. The molecule has 5 aliphatic rings. The van der Waals surface area contributed by atoms with Crippen LogP contribution in [0.1, 0.15) is 114 Å². The predicted molar refractivity (Wildman–Crippen MR) is 203 cm³/mol. The fourth-order valence-electron chi connectivity index (χ4n) is 12.6. The molecule has 2 aromatic heterocycles. The van der Waals surface area contributed by atoms with Crippen molar-refractivity contribution in [2.75, 3.05) is 19.8 Å². The summed E-state index contributed by atoms with van der Waals surface area (Å²) in [4.78, 5) is 19.5. The second-order valence-electron chi connectivity index (χ2n) is 19.5. The van der Waals surface area contributed by atoms with Crippen molar-refractivity contribution in [1.82, 2.24) is 14.8 Å². The van der Waals surface area contributed by atoms with Gasteiger partial charge in [-0.25, -0.2) is 9.67 Å². The van der Waals surface area contributed by atoms with Crippen LogP contribution in [-0.4, -0.2) is 57.3 Å². The van der Waals surface area contributed by atoms with Gasteiger partial charge in [0.15, 0.2) is 5.82 Å². The van der Waals surface area contributed by atoms with Gasteiger partial charge in [-0.15, -0.1) is 11.3 Å². The Bertz CT molecular complexity index is 1650. The van der Waals surface area contributed by atoms with Gasteiger partial charge in [0.2, 0.25) is 0 Å².